The molecule has 4 heteroatoms. The van der Waals surface area contributed by atoms with Gasteiger partial charge < -0.3 is 15.6 Å². The van der Waals surface area contributed by atoms with Gasteiger partial charge in [-0.05, 0) is 56.2 Å². The molecule has 1 aromatic heterocycles. The lowest BCUT2D eigenvalue weighted by atomic mass is 9.80. The van der Waals surface area contributed by atoms with Gasteiger partial charge in [-0.3, -0.25) is 4.79 Å². The van der Waals surface area contributed by atoms with Crippen LogP contribution in [0.25, 0.3) is 0 Å². The summed E-state index contributed by atoms with van der Waals surface area (Å²) in [6.45, 7) is 1.47. The Hall–Kier alpha value is -1.29. The van der Waals surface area contributed by atoms with Crippen LogP contribution in [0.15, 0.2) is 18.5 Å². The van der Waals surface area contributed by atoms with Gasteiger partial charge in [0.25, 0.3) is 0 Å². The van der Waals surface area contributed by atoms with Crippen LogP contribution in [-0.4, -0.2) is 29.4 Å². The highest BCUT2D eigenvalue weighted by atomic mass is 16.2. The summed E-state index contributed by atoms with van der Waals surface area (Å²) in [4.78, 5) is 17.3. The summed E-state index contributed by atoms with van der Waals surface area (Å²) < 4.78 is 0. The molecule has 0 atom stereocenters. The lowest BCUT2D eigenvalue weighted by Gasteiger charge is -2.30. The number of aromatic amines is 1. The largest absolute Gasteiger partial charge is 0.367 e. The molecule has 106 valence electrons. The standard InChI is InChI=1S/C15H25N3O/c1-18(11-13-7-9-17-10-13)15(19)14-4-2-12(3-5-14)6-8-16/h7,9-10,12,14,17H,2-6,8,11,16H2,1H3. The van der Waals surface area contributed by atoms with Crippen LogP contribution >= 0.6 is 0 Å². The monoisotopic (exact) mass is 263 g/mol. The molecule has 1 aliphatic carbocycles. The van der Waals surface area contributed by atoms with Crippen molar-refractivity contribution in [2.75, 3.05) is 13.6 Å². The number of hydrogen-bond acceptors (Lipinski definition) is 2. The van der Waals surface area contributed by atoms with Gasteiger partial charge in [0, 0.05) is 31.9 Å². The van der Waals surface area contributed by atoms with Crippen LogP contribution in [0.1, 0.15) is 37.7 Å². The van der Waals surface area contributed by atoms with Crippen LogP contribution in [0, 0.1) is 11.8 Å². The maximum absolute atomic E-state index is 12.4. The quantitative estimate of drug-likeness (QED) is 0.855. The second-order valence-corrected chi connectivity index (χ2v) is 5.71. The Morgan fingerprint density at radius 1 is 1.42 bits per heavy atom. The van der Waals surface area contributed by atoms with E-state index in [-0.39, 0.29) is 5.92 Å². The van der Waals surface area contributed by atoms with Gasteiger partial charge in [0.15, 0.2) is 0 Å². The fraction of sp³-hybridized carbons (Fsp3) is 0.667. The number of H-pyrrole nitrogens is 1. The Morgan fingerprint density at radius 2 is 2.16 bits per heavy atom. The smallest absolute Gasteiger partial charge is 0.225 e. The number of amides is 1. The number of nitrogens with zero attached hydrogens (tertiary/aromatic N) is 1. The van der Waals surface area contributed by atoms with Gasteiger partial charge in [-0.15, -0.1) is 0 Å². The van der Waals surface area contributed by atoms with E-state index in [0.717, 1.165) is 50.1 Å². The first-order chi connectivity index (χ1) is 9.20. The van der Waals surface area contributed by atoms with Crippen LogP contribution in [0.5, 0.6) is 0 Å². The first-order valence-electron chi connectivity index (χ1n) is 7.27. The van der Waals surface area contributed by atoms with E-state index in [1.807, 2.05) is 30.4 Å². The average Bonchev–Trinajstić information content (AvgIpc) is 2.92. The van der Waals surface area contributed by atoms with E-state index in [1.165, 1.54) is 0 Å². The summed E-state index contributed by atoms with van der Waals surface area (Å²) in [6.07, 6.45) is 9.33. The van der Waals surface area contributed by atoms with Crippen molar-refractivity contribution < 1.29 is 4.79 Å². The number of carbonyl (C=O) groups is 1. The highest BCUT2D eigenvalue weighted by Crippen LogP contribution is 2.31. The van der Waals surface area contributed by atoms with E-state index < -0.39 is 0 Å². The van der Waals surface area contributed by atoms with E-state index >= 15 is 0 Å². The molecule has 0 saturated heterocycles. The molecule has 1 aliphatic rings. The van der Waals surface area contributed by atoms with Gasteiger partial charge in [-0.2, -0.15) is 0 Å². The number of carbonyl (C=O) groups excluding carboxylic acids is 1. The maximum Gasteiger partial charge on any atom is 0.225 e. The molecule has 0 aromatic carbocycles. The van der Waals surface area contributed by atoms with Crippen LogP contribution in [-0.2, 0) is 11.3 Å². The van der Waals surface area contributed by atoms with Gasteiger partial charge in [0.1, 0.15) is 0 Å². The Balaban J connectivity index is 1.80. The molecule has 0 radical (unpaired) electrons. The highest BCUT2D eigenvalue weighted by molar-refractivity contribution is 5.78. The zero-order valence-corrected chi connectivity index (χ0v) is 11.8. The van der Waals surface area contributed by atoms with Gasteiger partial charge in [-0.1, -0.05) is 0 Å². The summed E-state index contributed by atoms with van der Waals surface area (Å²) in [7, 11) is 1.90. The lowest BCUT2D eigenvalue weighted by molar-refractivity contribution is -0.136. The minimum Gasteiger partial charge on any atom is -0.367 e. The Bertz CT molecular complexity index is 380. The Kier molecular flexibility index (Phi) is 5.02. The molecule has 1 fully saturated rings. The van der Waals surface area contributed by atoms with Crippen molar-refractivity contribution in [3.8, 4) is 0 Å². The zero-order valence-electron chi connectivity index (χ0n) is 11.8. The molecule has 0 unspecified atom stereocenters. The number of nitrogens with two attached hydrogens (primary N) is 1. The van der Waals surface area contributed by atoms with Crippen molar-refractivity contribution in [3.63, 3.8) is 0 Å². The van der Waals surface area contributed by atoms with Crippen LogP contribution in [0.2, 0.25) is 0 Å². The molecule has 4 nitrogen and oxygen atoms in total. The van der Waals surface area contributed by atoms with Crippen LogP contribution in [0.3, 0.4) is 0 Å². The van der Waals surface area contributed by atoms with E-state index in [4.69, 9.17) is 5.73 Å². The number of nitrogens with one attached hydrogen (secondary N) is 1. The molecule has 19 heavy (non-hydrogen) atoms. The summed E-state index contributed by atoms with van der Waals surface area (Å²) >= 11 is 0. The number of aromatic nitrogens is 1. The molecule has 1 aromatic rings. The molecular weight excluding hydrogens is 238 g/mol. The molecule has 2 rings (SSSR count). The minimum absolute atomic E-state index is 0.220. The Morgan fingerprint density at radius 3 is 2.74 bits per heavy atom. The van der Waals surface area contributed by atoms with Crippen molar-refractivity contribution in [2.24, 2.45) is 17.6 Å². The number of hydrogen-bond donors (Lipinski definition) is 2. The topological polar surface area (TPSA) is 62.1 Å². The van der Waals surface area contributed by atoms with Gasteiger partial charge in [0.05, 0.1) is 0 Å². The van der Waals surface area contributed by atoms with Crippen molar-refractivity contribution in [3.05, 3.63) is 24.0 Å². The molecule has 3 N–H and O–H groups in total. The molecule has 0 spiro atoms. The third kappa shape index (κ3) is 3.83. The molecular formula is C15H25N3O. The predicted octanol–water partition coefficient (Wildman–Crippen LogP) is 2.13. The zero-order chi connectivity index (χ0) is 13.7. The second kappa shape index (κ2) is 6.75. The minimum atomic E-state index is 0.220. The summed E-state index contributed by atoms with van der Waals surface area (Å²) in [6, 6.07) is 2.02. The fourth-order valence-electron chi connectivity index (χ4n) is 3.05. The second-order valence-electron chi connectivity index (χ2n) is 5.71. The van der Waals surface area contributed by atoms with E-state index in [1.54, 1.807) is 0 Å². The molecule has 1 heterocycles. The summed E-state index contributed by atoms with van der Waals surface area (Å²) in [5.41, 5.74) is 6.76. The maximum atomic E-state index is 12.4. The van der Waals surface area contributed by atoms with Gasteiger partial charge in [0.2, 0.25) is 5.91 Å². The van der Waals surface area contributed by atoms with Crippen LogP contribution in [0.4, 0.5) is 0 Å². The van der Waals surface area contributed by atoms with Gasteiger partial charge >= 0.3 is 0 Å². The normalized spacial score (nSPS) is 23.3. The molecule has 0 aliphatic heterocycles. The highest BCUT2D eigenvalue weighted by Gasteiger charge is 2.27. The van der Waals surface area contributed by atoms with E-state index in [9.17, 15) is 4.79 Å². The molecule has 1 saturated carbocycles. The first kappa shape index (κ1) is 14.1. The fourth-order valence-corrected chi connectivity index (χ4v) is 3.05. The molecule has 1 amide bonds. The SMILES string of the molecule is CN(Cc1cc[nH]c1)C(=O)C1CCC(CCN)CC1. The lowest BCUT2D eigenvalue weighted by Crippen LogP contribution is -2.34. The van der Waals surface area contributed by atoms with Gasteiger partial charge in [-0.25, -0.2) is 0 Å². The third-order valence-electron chi connectivity index (χ3n) is 4.23. The van der Waals surface area contributed by atoms with Crippen LogP contribution < -0.4 is 5.73 Å². The van der Waals surface area contributed by atoms with E-state index in [0.29, 0.717) is 12.5 Å². The van der Waals surface area contributed by atoms with Crippen molar-refractivity contribution in [2.45, 2.75) is 38.6 Å². The first-order valence-corrected chi connectivity index (χ1v) is 7.27. The third-order valence-corrected chi connectivity index (χ3v) is 4.23. The molecule has 0 bridgehead atoms. The van der Waals surface area contributed by atoms with E-state index in [2.05, 4.69) is 4.98 Å². The summed E-state index contributed by atoms with van der Waals surface area (Å²) in [5.74, 6) is 1.26. The Labute approximate surface area is 115 Å². The number of rotatable bonds is 5. The van der Waals surface area contributed by atoms with Crippen molar-refractivity contribution >= 4 is 5.91 Å². The predicted molar refractivity (Wildman–Crippen MR) is 76.4 cm³/mol. The average molecular weight is 263 g/mol. The van der Waals surface area contributed by atoms with Crippen molar-refractivity contribution in [1.29, 1.82) is 0 Å². The van der Waals surface area contributed by atoms with Crippen molar-refractivity contribution in [1.82, 2.24) is 9.88 Å². The summed E-state index contributed by atoms with van der Waals surface area (Å²) in [5, 5.41) is 0.